The first-order chi connectivity index (χ1) is 15.5. The summed E-state index contributed by atoms with van der Waals surface area (Å²) in [4.78, 5) is 37.0. The first kappa shape index (κ1) is 22.6. The van der Waals surface area contributed by atoms with Crippen molar-refractivity contribution < 1.29 is 19.1 Å². The molecule has 0 unspecified atom stereocenters. The zero-order valence-corrected chi connectivity index (χ0v) is 18.0. The Hall–Kier alpha value is -4.04. The van der Waals surface area contributed by atoms with Gasteiger partial charge in [0.25, 0.3) is 5.91 Å². The molecule has 7 nitrogen and oxygen atoms in total. The first-order valence-corrected chi connectivity index (χ1v) is 10.1. The Labute approximate surface area is 190 Å². The van der Waals surface area contributed by atoms with Crippen LogP contribution in [0.25, 0.3) is 0 Å². The third-order valence-corrected chi connectivity index (χ3v) is 4.80. The van der Waals surface area contributed by atoms with E-state index in [1.54, 1.807) is 6.07 Å². The molecule has 3 aromatic carbocycles. The maximum atomic E-state index is 13.0. The van der Waals surface area contributed by atoms with Crippen molar-refractivity contribution in [2.75, 3.05) is 7.11 Å². The molecule has 0 aromatic heterocycles. The van der Waals surface area contributed by atoms with Gasteiger partial charge in [-0.1, -0.05) is 66.7 Å². The van der Waals surface area contributed by atoms with Crippen LogP contribution in [0.3, 0.4) is 0 Å². The molecule has 32 heavy (non-hydrogen) atoms. The average Bonchev–Trinajstić information content (AvgIpc) is 2.84. The van der Waals surface area contributed by atoms with E-state index in [0.717, 1.165) is 11.1 Å². The molecule has 0 saturated heterocycles. The number of rotatable bonds is 5. The maximum absolute atomic E-state index is 13.0. The molecule has 0 aliphatic rings. The minimum Gasteiger partial charge on any atom is -0.465 e. The maximum Gasteiger partial charge on any atom is 0.337 e. The molecule has 0 spiro atoms. The number of esters is 1. The molecule has 0 atom stereocenters. The van der Waals surface area contributed by atoms with Crippen molar-refractivity contribution in [1.82, 2.24) is 16.2 Å². The van der Waals surface area contributed by atoms with Crippen LogP contribution >= 0.6 is 12.2 Å². The summed E-state index contributed by atoms with van der Waals surface area (Å²) >= 11 is 5.13. The molecule has 0 radical (unpaired) electrons. The number of benzene rings is 3. The van der Waals surface area contributed by atoms with Crippen molar-refractivity contribution in [1.29, 1.82) is 0 Å². The van der Waals surface area contributed by atoms with Gasteiger partial charge in [-0.15, -0.1) is 0 Å². The van der Waals surface area contributed by atoms with E-state index in [0.29, 0.717) is 0 Å². The molecular formula is C24H21N3O4S. The quantitative estimate of drug-likeness (QED) is 0.316. The van der Waals surface area contributed by atoms with E-state index < -0.39 is 17.8 Å². The zero-order chi connectivity index (χ0) is 22.9. The molecular weight excluding hydrogens is 426 g/mol. The monoisotopic (exact) mass is 447 g/mol. The van der Waals surface area contributed by atoms with Gasteiger partial charge in [-0.05, 0) is 41.5 Å². The van der Waals surface area contributed by atoms with E-state index in [9.17, 15) is 14.4 Å². The summed E-state index contributed by atoms with van der Waals surface area (Å²) in [5, 5.41) is 2.38. The molecule has 0 aliphatic heterocycles. The number of hydrogen-bond donors (Lipinski definition) is 3. The van der Waals surface area contributed by atoms with Crippen molar-refractivity contribution in [2.45, 2.75) is 5.92 Å². The Morgan fingerprint density at radius 3 is 1.91 bits per heavy atom. The van der Waals surface area contributed by atoms with Gasteiger partial charge in [-0.2, -0.15) is 0 Å². The van der Waals surface area contributed by atoms with E-state index >= 15 is 0 Å². The van der Waals surface area contributed by atoms with Crippen molar-refractivity contribution in [2.24, 2.45) is 0 Å². The summed E-state index contributed by atoms with van der Waals surface area (Å²) in [7, 11) is 1.26. The molecule has 0 heterocycles. The number of methoxy groups -OCH3 is 1. The van der Waals surface area contributed by atoms with Gasteiger partial charge >= 0.3 is 5.97 Å². The molecule has 8 heteroatoms. The van der Waals surface area contributed by atoms with Crippen LogP contribution < -0.4 is 16.2 Å². The van der Waals surface area contributed by atoms with Gasteiger partial charge in [0, 0.05) is 5.56 Å². The Balaban J connectivity index is 1.65. The van der Waals surface area contributed by atoms with Crippen LogP contribution in [0.2, 0.25) is 0 Å². The Bertz CT molecular complexity index is 1080. The third-order valence-electron chi connectivity index (χ3n) is 4.60. The van der Waals surface area contributed by atoms with Crippen molar-refractivity contribution >= 4 is 35.1 Å². The average molecular weight is 448 g/mol. The molecule has 0 bridgehead atoms. The summed E-state index contributed by atoms with van der Waals surface area (Å²) in [5.74, 6) is -2.00. The molecule has 0 aliphatic carbocycles. The van der Waals surface area contributed by atoms with E-state index in [2.05, 4.69) is 20.9 Å². The molecule has 3 aromatic rings. The molecule has 3 rings (SSSR count). The van der Waals surface area contributed by atoms with Crippen LogP contribution in [-0.4, -0.2) is 30.0 Å². The van der Waals surface area contributed by atoms with Crippen LogP contribution in [0.5, 0.6) is 0 Å². The fourth-order valence-corrected chi connectivity index (χ4v) is 3.23. The van der Waals surface area contributed by atoms with Gasteiger partial charge in [0.1, 0.15) is 0 Å². The van der Waals surface area contributed by atoms with Gasteiger partial charge in [0.2, 0.25) is 5.91 Å². The lowest BCUT2D eigenvalue weighted by Crippen LogP contribution is -2.49. The Morgan fingerprint density at radius 1 is 0.781 bits per heavy atom. The number of carbonyl (C=O) groups excluding carboxylic acids is 3. The molecule has 0 fully saturated rings. The summed E-state index contributed by atoms with van der Waals surface area (Å²) in [6.45, 7) is 0. The number of hydrazine groups is 1. The van der Waals surface area contributed by atoms with Crippen molar-refractivity contribution in [3.8, 4) is 0 Å². The van der Waals surface area contributed by atoms with Gasteiger partial charge in [0.05, 0.1) is 18.6 Å². The third kappa shape index (κ3) is 5.77. The second-order valence-corrected chi connectivity index (χ2v) is 7.13. The summed E-state index contributed by atoms with van der Waals surface area (Å²) in [6, 6.07) is 24.7. The van der Waals surface area contributed by atoms with Crippen LogP contribution in [0, 0.1) is 0 Å². The minimum atomic E-state index is -0.569. The highest BCUT2D eigenvalue weighted by atomic mass is 32.1. The summed E-state index contributed by atoms with van der Waals surface area (Å²) in [6.07, 6.45) is 0. The number of thiocarbonyl (C=S) groups is 1. The van der Waals surface area contributed by atoms with Crippen LogP contribution in [0.4, 0.5) is 0 Å². The molecule has 0 saturated carbocycles. The van der Waals surface area contributed by atoms with Crippen molar-refractivity contribution in [3.05, 3.63) is 107 Å². The van der Waals surface area contributed by atoms with Gasteiger partial charge in [-0.25, -0.2) is 4.79 Å². The smallest absolute Gasteiger partial charge is 0.337 e. The topological polar surface area (TPSA) is 96.5 Å². The minimum absolute atomic E-state index is 0.0910. The number of hydrogen-bond acceptors (Lipinski definition) is 5. The number of carbonyl (C=O) groups is 3. The van der Waals surface area contributed by atoms with Crippen LogP contribution in [0.15, 0.2) is 84.9 Å². The Morgan fingerprint density at radius 2 is 1.34 bits per heavy atom. The predicted molar refractivity (Wildman–Crippen MR) is 124 cm³/mol. The van der Waals surface area contributed by atoms with E-state index in [1.165, 1.54) is 25.3 Å². The highest BCUT2D eigenvalue weighted by molar-refractivity contribution is 7.80. The highest BCUT2D eigenvalue weighted by Gasteiger charge is 2.22. The van der Waals surface area contributed by atoms with Crippen LogP contribution in [0.1, 0.15) is 37.8 Å². The second-order valence-electron chi connectivity index (χ2n) is 6.72. The zero-order valence-electron chi connectivity index (χ0n) is 17.2. The van der Waals surface area contributed by atoms with E-state index in [4.69, 9.17) is 12.2 Å². The lowest BCUT2D eigenvalue weighted by Gasteiger charge is -2.19. The van der Waals surface area contributed by atoms with Gasteiger partial charge < -0.3 is 4.74 Å². The second kappa shape index (κ2) is 10.8. The fraction of sp³-hybridized carbons (Fsp3) is 0.0833. The first-order valence-electron chi connectivity index (χ1n) is 9.69. The number of ether oxygens (including phenoxy) is 1. The van der Waals surface area contributed by atoms with Crippen LogP contribution in [-0.2, 0) is 9.53 Å². The standard InChI is InChI=1S/C24H21N3O4S/c1-31-23(30)19-14-8-13-18(15-19)21(28)25-24(32)27-26-22(29)20(16-9-4-2-5-10-16)17-11-6-3-7-12-17/h2-15,20H,1H3,(H,26,29)(H2,25,27,28,32). The molecule has 3 N–H and O–H groups in total. The molecule has 162 valence electrons. The lowest BCUT2D eigenvalue weighted by molar-refractivity contribution is -0.122. The summed E-state index contributed by atoms with van der Waals surface area (Å²) < 4.78 is 4.66. The highest BCUT2D eigenvalue weighted by Crippen LogP contribution is 2.24. The molecule has 2 amide bonds. The van der Waals surface area contributed by atoms with Crippen molar-refractivity contribution in [3.63, 3.8) is 0 Å². The number of nitrogens with one attached hydrogen (secondary N) is 3. The predicted octanol–water partition coefficient (Wildman–Crippen LogP) is 2.94. The van der Waals surface area contributed by atoms with Gasteiger partial charge in [0.15, 0.2) is 5.11 Å². The fourth-order valence-electron chi connectivity index (χ4n) is 3.09. The van der Waals surface area contributed by atoms with Gasteiger partial charge in [-0.3, -0.25) is 25.8 Å². The van der Waals surface area contributed by atoms with E-state index in [-0.39, 0.29) is 22.1 Å². The normalized spacial score (nSPS) is 10.2. The lowest BCUT2D eigenvalue weighted by atomic mass is 9.91. The van der Waals surface area contributed by atoms with E-state index in [1.807, 2.05) is 60.7 Å². The SMILES string of the molecule is COC(=O)c1cccc(C(=O)NC(=S)NNC(=O)C(c2ccccc2)c2ccccc2)c1. The Kier molecular flexibility index (Phi) is 7.66. The largest absolute Gasteiger partial charge is 0.465 e. The summed E-state index contributed by atoms with van der Waals surface area (Å²) in [5.41, 5.74) is 7.20. The number of amides is 2.